The number of nitrogens with zero attached hydrogens (tertiary/aromatic N) is 1. The van der Waals surface area contributed by atoms with Gasteiger partial charge in [0.25, 0.3) is 0 Å². The smallest absolute Gasteiger partial charge is 0.317 e. The number of hydrogen-bond acceptors (Lipinski definition) is 2. The lowest BCUT2D eigenvalue weighted by Crippen LogP contribution is -2.29. The molecule has 0 amide bonds. The first-order valence-electron chi connectivity index (χ1n) is 5.77. The summed E-state index contributed by atoms with van der Waals surface area (Å²) < 4.78 is 13.2. The van der Waals surface area contributed by atoms with Crippen molar-refractivity contribution in [3.63, 3.8) is 0 Å². The van der Waals surface area contributed by atoms with Crippen molar-refractivity contribution in [2.24, 2.45) is 5.92 Å². The summed E-state index contributed by atoms with van der Waals surface area (Å²) >= 11 is 0. The van der Waals surface area contributed by atoms with Crippen molar-refractivity contribution >= 4 is 5.97 Å². The third-order valence-electron chi connectivity index (χ3n) is 3.18. The van der Waals surface area contributed by atoms with Crippen LogP contribution in [-0.4, -0.2) is 29.1 Å². The van der Waals surface area contributed by atoms with Gasteiger partial charge in [-0.25, -0.2) is 4.39 Å². The van der Waals surface area contributed by atoms with E-state index in [9.17, 15) is 9.18 Å². The van der Waals surface area contributed by atoms with Gasteiger partial charge in [0.1, 0.15) is 5.82 Å². The van der Waals surface area contributed by atoms with Crippen molar-refractivity contribution in [3.8, 4) is 0 Å². The van der Waals surface area contributed by atoms with Gasteiger partial charge < -0.3 is 5.11 Å². The molecule has 4 heteroatoms. The van der Waals surface area contributed by atoms with Crippen molar-refractivity contribution in [3.05, 3.63) is 35.6 Å². The fourth-order valence-electron chi connectivity index (χ4n) is 2.54. The fraction of sp³-hybridized carbons (Fsp3) is 0.462. The Morgan fingerprint density at radius 1 is 1.59 bits per heavy atom. The van der Waals surface area contributed by atoms with Gasteiger partial charge in [-0.15, -0.1) is 0 Å². The Morgan fingerprint density at radius 3 is 3.00 bits per heavy atom. The van der Waals surface area contributed by atoms with E-state index in [1.54, 1.807) is 6.07 Å². The molecule has 2 unspecified atom stereocenters. The maximum Gasteiger partial charge on any atom is 0.317 e. The van der Waals surface area contributed by atoms with Crippen LogP contribution in [0.3, 0.4) is 0 Å². The van der Waals surface area contributed by atoms with Gasteiger partial charge in [0.15, 0.2) is 0 Å². The molecule has 1 aromatic carbocycles. The normalized spacial score (nSPS) is 25.1. The van der Waals surface area contributed by atoms with E-state index in [0.717, 1.165) is 18.5 Å². The van der Waals surface area contributed by atoms with Gasteiger partial charge in [-0.1, -0.05) is 19.1 Å². The Bertz CT molecular complexity index is 422. The first-order chi connectivity index (χ1) is 8.06. The Labute approximate surface area is 99.9 Å². The van der Waals surface area contributed by atoms with Crippen molar-refractivity contribution in [2.45, 2.75) is 19.4 Å². The van der Waals surface area contributed by atoms with Crippen LogP contribution in [0.25, 0.3) is 0 Å². The Balaban J connectivity index is 2.20. The lowest BCUT2D eigenvalue weighted by atomic mass is 10.0. The molecule has 0 bridgehead atoms. The van der Waals surface area contributed by atoms with Crippen molar-refractivity contribution < 1.29 is 14.3 Å². The van der Waals surface area contributed by atoms with E-state index in [2.05, 4.69) is 6.92 Å². The van der Waals surface area contributed by atoms with Gasteiger partial charge in [-0.3, -0.25) is 9.69 Å². The van der Waals surface area contributed by atoms with Gasteiger partial charge >= 0.3 is 5.97 Å². The molecule has 0 spiro atoms. The zero-order valence-corrected chi connectivity index (χ0v) is 9.77. The van der Waals surface area contributed by atoms with Crippen LogP contribution < -0.4 is 0 Å². The molecule has 0 radical (unpaired) electrons. The van der Waals surface area contributed by atoms with Crippen molar-refractivity contribution in [2.75, 3.05) is 13.1 Å². The molecule has 1 fully saturated rings. The first-order valence-corrected chi connectivity index (χ1v) is 5.77. The lowest BCUT2D eigenvalue weighted by Gasteiger charge is -2.22. The molecule has 1 aromatic rings. The van der Waals surface area contributed by atoms with E-state index >= 15 is 0 Å². The molecule has 3 nitrogen and oxygen atoms in total. The largest absolute Gasteiger partial charge is 0.480 e. The number of halogens is 1. The highest BCUT2D eigenvalue weighted by Gasteiger charge is 2.31. The maximum absolute atomic E-state index is 13.2. The van der Waals surface area contributed by atoms with E-state index in [1.165, 1.54) is 12.1 Å². The highest BCUT2D eigenvalue weighted by Crippen LogP contribution is 2.34. The minimum Gasteiger partial charge on any atom is -0.480 e. The lowest BCUT2D eigenvalue weighted by molar-refractivity contribution is -0.138. The molecule has 2 rings (SSSR count). The molecular formula is C13H16FNO2. The molecule has 0 aromatic heterocycles. The predicted octanol–water partition coefficient (Wildman–Crippen LogP) is 2.29. The second-order valence-corrected chi connectivity index (χ2v) is 4.73. The monoisotopic (exact) mass is 237 g/mol. The highest BCUT2D eigenvalue weighted by atomic mass is 19.1. The van der Waals surface area contributed by atoms with Crippen LogP contribution in [0.4, 0.5) is 4.39 Å². The standard InChI is InChI=1S/C13H16FNO2/c1-9-5-12(15(7-9)8-13(16)17)10-3-2-4-11(14)6-10/h2-4,6,9,12H,5,7-8H2,1H3,(H,16,17). The van der Waals surface area contributed by atoms with Crippen LogP contribution in [0.5, 0.6) is 0 Å². The molecule has 2 atom stereocenters. The SMILES string of the molecule is CC1CC(c2cccc(F)c2)N(CC(=O)O)C1. The Kier molecular flexibility index (Phi) is 3.43. The van der Waals surface area contributed by atoms with E-state index in [1.807, 2.05) is 11.0 Å². The van der Waals surface area contributed by atoms with Gasteiger partial charge in [0, 0.05) is 12.6 Å². The second-order valence-electron chi connectivity index (χ2n) is 4.73. The van der Waals surface area contributed by atoms with Crippen LogP contribution in [-0.2, 0) is 4.79 Å². The van der Waals surface area contributed by atoms with E-state index in [0.29, 0.717) is 5.92 Å². The summed E-state index contributed by atoms with van der Waals surface area (Å²) in [6.45, 7) is 2.87. The van der Waals surface area contributed by atoms with Gasteiger partial charge in [0.05, 0.1) is 6.54 Å². The molecule has 0 aliphatic carbocycles. The number of aliphatic carboxylic acids is 1. The van der Waals surface area contributed by atoms with Crippen molar-refractivity contribution in [1.29, 1.82) is 0 Å². The zero-order valence-electron chi connectivity index (χ0n) is 9.77. The third-order valence-corrected chi connectivity index (χ3v) is 3.18. The summed E-state index contributed by atoms with van der Waals surface area (Å²) in [7, 11) is 0. The second kappa shape index (κ2) is 4.84. The number of carboxylic acid groups (broad SMARTS) is 1. The van der Waals surface area contributed by atoms with Crippen LogP contribution in [0.2, 0.25) is 0 Å². The molecule has 1 heterocycles. The fourth-order valence-corrected chi connectivity index (χ4v) is 2.54. The van der Waals surface area contributed by atoms with Crippen LogP contribution in [0, 0.1) is 11.7 Å². The maximum atomic E-state index is 13.2. The van der Waals surface area contributed by atoms with Crippen LogP contribution >= 0.6 is 0 Å². The number of carboxylic acids is 1. The Morgan fingerprint density at radius 2 is 2.35 bits per heavy atom. The van der Waals surface area contributed by atoms with E-state index in [-0.39, 0.29) is 18.4 Å². The number of benzene rings is 1. The van der Waals surface area contributed by atoms with Gasteiger partial charge in [0.2, 0.25) is 0 Å². The van der Waals surface area contributed by atoms with Gasteiger partial charge in [-0.05, 0) is 30.0 Å². The van der Waals surface area contributed by atoms with Crippen LogP contribution in [0.15, 0.2) is 24.3 Å². The molecule has 0 saturated carbocycles. The topological polar surface area (TPSA) is 40.5 Å². The van der Waals surface area contributed by atoms with E-state index < -0.39 is 5.97 Å². The molecule has 1 saturated heterocycles. The predicted molar refractivity (Wildman–Crippen MR) is 62.1 cm³/mol. The zero-order chi connectivity index (χ0) is 12.4. The molecular weight excluding hydrogens is 221 g/mol. The molecule has 1 aliphatic heterocycles. The molecule has 17 heavy (non-hydrogen) atoms. The number of rotatable bonds is 3. The average molecular weight is 237 g/mol. The van der Waals surface area contributed by atoms with Crippen LogP contribution in [0.1, 0.15) is 24.9 Å². The summed E-state index contributed by atoms with van der Waals surface area (Å²) in [5.41, 5.74) is 0.871. The van der Waals surface area contributed by atoms with Gasteiger partial charge in [-0.2, -0.15) is 0 Å². The molecule has 92 valence electrons. The summed E-state index contributed by atoms with van der Waals surface area (Å²) in [5, 5.41) is 8.86. The highest BCUT2D eigenvalue weighted by molar-refractivity contribution is 5.69. The number of hydrogen-bond donors (Lipinski definition) is 1. The first kappa shape index (κ1) is 12.0. The number of carbonyl (C=O) groups is 1. The van der Waals surface area contributed by atoms with E-state index in [4.69, 9.17) is 5.11 Å². The Hall–Kier alpha value is -1.42. The summed E-state index contributed by atoms with van der Waals surface area (Å²) in [5.74, 6) is -0.652. The molecule has 1 aliphatic rings. The average Bonchev–Trinajstić information content (AvgIpc) is 2.58. The van der Waals surface area contributed by atoms with Crippen molar-refractivity contribution in [1.82, 2.24) is 4.90 Å². The number of likely N-dealkylation sites (tertiary alicyclic amines) is 1. The molecule has 1 N–H and O–H groups in total. The summed E-state index contributed by atoms with van der Waals surface area (Å²) in [6, 6.07) is 6.46. The minimum absolute atomic E-state index is 0.0194. The minimum atomic E-state index is -0.833. The quantitative estimate of drug-likeness (QED) is 0.876. The summed E-state index contributed by atoms with van der Waals surface area (Å²) in [4.78, 5) is 12.7. The third kappa shape index (κ3) is 2.82. The summed E-state index contributed by atoms with van der Waals surface area (Å²) in [6.07, 6.45) is 0.886.